The van der Waals surface area contributed by atoms with E-state index in [1.54, 1.807) is 0 Å². The molecule has 1 heterocycles. The maximum absolute atomic E-state index is 12.8. The minimum absolute atomic E-state index is 0.181. The van der Waals surface area contributed by atoms with Gasteiger partial charge in [-0.1, -0.05) is 51.1 Å². The van der Waals surface area contributed by atoms with Crippen LogP contribution in [0.3, 0.4) is 0 Å². The van der Waals surface area contributed by atoms with Crippen LogP contribution in [0.2, 0.25) is 0 Å². The number of morpholine rings is 1. The minimum atomic E-state index is 0.181. The van der Waals surface area contributed by atoms with Crippen LogP contribution in [0, 0.1) is 11.8 Å². The fraction of sp³-hybridized carbons (Fsp3) is 0.609. The van der Waals surface area contributed by atoms with Crippen LogP contribution in [0.4, 0.5) is 0 Å². The van der Waals surface area contributed by atoms with Crippen molar-refractivity contribution in [3.05, 3.63) is 47.0 Å². The van der Waals surface area contributed by atoms with E-state index >= 15 is 0 Å². The molecule has 3 rings (SSSR count). The zero-order chi connectivity index (χ0) is 18.5. The molecule has 26 heavy (non-hydrogen) atoms. The van der Waals surface area contributed by atoms with E-state index in [1.165, 1.54) is 11.1 Å². The first-order valence-electron chi connectivity index (χ1n) is 10.2. The predicted molar refractivity (Wildman–Crippen MR) is 106 cm³/mol. The van der Waals surface area contributed by atoms with Crippen LogP contribution in [0.25, 0.3) is 0 Å². The van der Waals surface area contributed by atoms with Crippen molar-refractivity contribution < 1.29 is 9.53 Å². The molecular formula is C23H33NO2. The van der Waals surface area contributed by atoms with Crippen molar-refractivity contribution >= 4 is 5.78 Å². The Labute approximate surface area is 158 Å². The molecule has 1 aromatic carbocycles. The number of ether oxygens (including phenoxy) is 1. The van der Waals surface area contributed by atoms with Crippen molar-refractivity contribution in [1.82, 2.24) is 4.90 Å². The molecule has 1 aliphatic heterocycles. The fourth-order valence-electron chi connectivity index (χ4n) is 4.11. The minimum Gasteiger partial charge on any atom is -0.379 e. The van der Waals surface area contributed by atoms with E-state index in [-0.39, 0.29) is 5.92 Å². The van der Waals surface area contributed by atoms with Crippen LogP contribution in [0.1, 0.15) is 50.7 Å². The summed E-state index contributed by atoms with van der Waals surface area (Å²) in [6.45, 7) is 11.1. The van der Waals surface area contributed by atoms with Gasteiger partial charge in [0.2, 0.25) is 0 Å². The molecule has 3 nitrogen and oxygen atoms in total. The molecule has 2 unspecified atom stereocenters. The monoisotopic (exact) mass is 355 g/mol. The second-order valence-corrected chi connectivity index (χ2v) is 8.33. The molecular weight excluding hydrogens is 322 g/mol. The van der Waals surface area contributed by atoms with E-state index in [2.05, 4.69) is 56.0 Å². The lowest BCUT2D eigenvalue weighted by molar-refractivity contribution is -0.118. The third kappa shape index (κ3) is 5.05. The smallest absolute Gasteiger partial charge is 0.162 e. The van der Waals surface area contributed by atoms with Gasteiger partial charge in [0.15, 0.2) is 5.78 Å². The van der Waals surface area contributed by atoms with E-state index in [4.69, 9.17) is 4.74 Å². The number of benzene rings is 1. The molecule has 0 spiro atoms. The Kier molecular flexibility index (Phi) is 6.66. The summed E-state index contributed by atoms with van der Waals surface area (Å²) in [5.74, 6) is 1.53. The first-order chi connectivity index (χ1) is 12.5. The molecule has 1 saturated carbocycles. The maximum atomic E-state index is 12.8. The van der Waals surface area contributed by atoms with Gasteiger partial charge in [0, 0.05) is 25.6 Å². The summed E-state index contributed by atoms with van der Waals surface area (Å²) in [6.07, 6.45) is 5.27. The van der Waals surface area contributed by atoms with E-state index in [9.17, 15) is 4.79 Å². The van der Waals surface area contributed by atoms with Gasteiger partial charge in [-0.05, 0) is 47.8 Å². The van der Waals surface area contributed by atoms with Gasteiger partial charge in [0.1, 0.15) is 0 Å². The van der Waals surface area contributed by atoms with Gasteiger partial charge in [0.25, 0.3) is 0 Å². The zero-order valence-corrected chi connectivity index (χ0v) is 16.5. The average molecular weight is 356 g/mol. The number of hydrogen-bond acceptors (Lipinski definition) is 3. The Balaban J connectivity index is 1.59. The molecule has 1 aromatic rings. The van der Waals surface area contributed by atoms with E-state index in [0.717, 1.165) is 57.7 Å². The zero-order valence-electron chi connectivity index (χ0n) is 16.5. The van der Waals surface area contributed by atoms with Crippen LogP contribution in [-0.2, 0) is 16.0 Å². The third-order valence-electron chi connectivity index (χ3n) is 5.63. The number of rotatable bonds is 6. The Bertz CT molecular complexity index is 626. The summed E-state index contributed by atoms with van der Waals surface area (Å²) in [7, 11) is 0. The third-order valence-corrected chi connectivity index (χ3v) is 5.63. The van der Waals surface area contributed by atoms with Crippen molar-refractivity contribution in [2.45, 2.75) is 46.0 Å². The molecule has 2 fully saturated rings. The van der Waals surface area contributed by atoms with Gasteiger partial charge < -0.3 is 4.74 Å². The first-order valence-corrected chi connectivity index (χ1v) is 10.2. The van der Waals surface area contributed by atoms with Crippen molar-refractivity contribution in [2.75, 3.05) is 32.8 Å². The predicted octanol–water partition coefficient (Wildman–Crippen LogP) is 4.23. The second-order valence-electron chi connectivity index (χ2n) is 8.33. The lowest BCUT2D eigenvalue weighted by atomic mass is 9.94. The fourth-order valence-corrected chi connectivity index (χ4v) is 4.11. The standard InChI is InChI=1S/C23H33NO2/c1-17(2)14-19-4-6-20(7-5-19)18(3)15-21-8-9-22(23(21)25)16-24-10-12-26-13-11-24/h4-7,15,17-18,22H,8-14,16H2,1-3H3/b21-15+. The normalized spacial score (nSPS) is 24.5. The average Bonchev–Trinajstić information content (AvgIpc) is 2.96. The number of hydrogen-bond donors (Lipinski definition) is 0. The summed E-state index contributed by atoms with van der Waals surface area (Å²) in [5.41, 5.74) is 3.74. The largest absolute Gasteiger partial charge is 0.379 e. The number of carbonyl (C=O) groups excluding carboxylic acids is 1. The highest BCUT2D eigenvalue weighted by Gasteiger charge is 2.31. The van der Waals surface area contributed by atoms with Gasteiger partial charge in [-0.3, -0.25) is 9.69 Å². The Morgan fingerprint density at radius 3 is 2.50 bits per heavy atom. The first kappa shape index (κ1) is 19.3. The summed E-state index contributed by atoms with van der Waals surface area (Å²) in [5, 5.41) is 0. The summed E-state index contributed by atoms with van der Waals surface area (Å²) in [4.78, 5) is 15.2. The van der Waals surface area contributed by atoms with Gasteiger partial charge >= 0.3 is 0 Å². The highest BCUT2D eigenvalue weighted by atomic mass is 16.5. The molecule has 2 atom stereocenters. The van der Waals surface area contributed by atoms with Crippen molar-refractivity contribution in [2.24, 2.45) is 11.8 Å². The van der Waals surface area contributed by atoms with Crippen LogP contribution < -0.4 is 0 Å². The topological polar surface area (TPSA) is 29.5 Å². The number of Topliss-reactive ketones (excluding diaryl/α,β-unsaturated/α-hetero) is 1. The molecule has 0 bridgehead atoms. The van der Waals surface area contributed by atoms with E-state index in [0.29, 0.717) is 17.6 Å². The molecule has 0 N–H and O–H groups in total. The molecule has 142 valence electrons. The number of carbonyl (C=O) groups is 1. The molecule has 3 heteroatoms. The molecule has 1 saturated heterocycles. The lowest BCUT2D eigenvalue weighted by Crippen LogP contribution is -2.40. The number of nitrogens with zero attached hydrogens (tertiary/aromatic N) is 1. The SMILES string of the molecule is CC(C)Cc1ccc(C(C)/C=C2\CCC(CN3CCOCC3)C2=O)cc1. The number of allylic oxidation sites excluding steroid dienone is 2. The summed E-state index contributed by atoms with van der Waals surface area (Å²) >= 11 is 0. The van der Waals surface area contributed by atoms with Crippen molar-refractivity contribution in [1.29, 1.82) is 0 Å². The molecule has 2 aliphatic rings. The Morgan fingerprint density at radius 2 is 1.85 bits per heavy atom. The highest BCUT2D eigenvalue weighted by Crippen LogP contribution is 2.31. The second kappa shape index (κ2) is 8.96. The maximum Gasteiger partial charge on any atom is 0.162 e. The summed E-state index contributed by atoms with van der Waals surface area (Å²) in [6, 6.07) is 8.93. The van der Waals surface area contributed by atoms with Crippen molar-refractivity contribution in [3.63, 3.8) is 0 Å². The Hall–Kier alpha value is -1.45. The number of ketones is 1. The lowest BCUT2D eigenvalue weighted by Gasteiger charge is -2.28. The van der Waals surface area contributed by atoms with Gasteiger partial charge in [-0.2, -0.15) is 0 Å². The molecule has 0 radical (unpaired) electrons. The molecule has 0 aromatic heterocycles. The van der Waals surface area contributed by atoms with Crippen molar-refractivity contribution in [3.8, 4) is 0 Å². The van der Waals surface area contributed by atoms with Gasteiger partial charge in [0.05, 0.1) is 13.2 Å². The van der Waals surface area contributed by atoms with Crippen LogP contribution in [-0.4, -0.2) is 43.5 Å². The van der Waals surface area contributed by atoms with Gasteiger partial charge in [-0.15, -0.1) is 0 Å². The molecule has 1 aliphatic carbocycles. The van der Waals surface area contributed by atoms with E-state index < -0.39 is 0 Å². The Morgan fingerprint density at radius 1 is 1.15 bits per heavy atom. The van der Waals surface area contributed by atoms with Crippen LogP contribution in [0.15, 0.2) is 35.9 Å². The van der Waals surface area contributed by atoms with Gasteiger partial charge in [-0.25, -0.2) is 0 Å². The highest BCUT2D eigenvalue weighted by molar-refractivity contribution is 5.99. The van der Waals surface area contributed by atoms with Crippen LogP contribution in [0.5, 0.6) is 0 Å². The van der Waals surface area contributed by atoms with Crippen LogP contribution >= 0.6 is 0 Å². The molecule has 0 amide bonds. The van der Waals surface area contributed by atoms with E-state index in [1.807, 2.05) is 0 Å². The quantitative estimate of drug-likeness (QED) is 0.715. The summed E-state index contributed by atoms with van der Waals surface area (Å²) < 4.78 is 5.41.